The third-order valence-corrected chi connectivity index (χ3v) is 14.1. The maximum Gasteiger partial charge on any atom is 0.147 e. The molecule has 0 saturated heterocycles. The van der Waals surface area contributed by atoms with Gasteiger partial charge in [0.2, 0.25) is 0 Å². The summed E-state index contributed by atoms with van der Waals surface area (Å²) in [6, 6.07) is 74.8. The highest BCUT2D eigenvalue weighted by Gasteiger charge is 2.23. The number of fused-ring (bicyclic) bond motifs is 13. The number of anilines is 6. The second-order valence-corrected chi connectivity index (χ2v) is 18.8. The van der Waals surface area contributed by atoms with Crippen LogP contribution in [-0.2, 0) is 0 Å². The largest absolute Gasteiger partial charge is 0.455 e. The summed E-state index contributed by atoms with van der Waals surface area (Å²) in [6.45, 7) is 9.07. The summed E-state index contributed by atoms with van der Waals surface area (Å²) >= 11 is 0. The number of hydrogen-bond donors (Lipinski definition) is 0. The minimum absolute atomic E-state index is 0.413. The molecule has 0 amide bonds. The predicted molar refractivity (Wildman–Crippen MR) is 289 cm³/mol. The van der Waals surface area contributed by atoms with Crippen molar-refractivity contribution < 1.29 is 8.83 Å². The Kier molecular flexibility index (Phi) is 9.20. The Balaban J connectivity index is 0.939. The van der Waals surface area contributed by atoms with Gasteiger partial charge in [-0.05, 0) is 142 Å². The van der Waals surface area contributed by atoms with Crippen LogP contribution in [0.15, 0.2) is 215 Å². The first-order chi connectivity index (χ1) is 33.4. The Bertz CT molecular complexity index is 4110. The maximum atomic E-state index is 7.05. The van der Waals surface area contributed by atoms with E-state index in [4.69, 9.17) is 8.83 Å². The molecule has 0 aliphatic rings. The van der Waals surface area contributed by atoms with Crippen LogP contribution in [0.2, 0.25) is 0 Å². The first-order valence-corrected chi connectivity index (χ1v) is 23.8. The standard InChI is InChI=1S/C64H48N2O2/c1-39(2)47-31-34-58(53-21-13-11-19-51(47)53)65(43-15-7-5-8-16-43)45-25-29-49-41(37-45)23-27-55-56-33-36-60-61(64(56)68-62(49)55)57-28-24-42-38-46(26-30-50(42)63(57)67-60)66(44-17-9-6-10-18-44)59-35-32-48(40(3)4)52-20-12-14-22-54(52)59/h5-40H,1-4H3. The zero-order valence-electron chi connectivity index (χ0n) is 38.5. The number of para-hydroxylation sites is 2. The van der Waals surface area contributed by atoms with Gasteiger partial charge in [0.25, 0.3) is 0 Å². The zero-order valence-corrected chi connectivity index (χ0v) is 38.5. The Morgan fingerprint density at radius 2 is 0.735 bits per heavy atom. The molecule has 326 valence electrons. The zero-order chi connectivity index (χ0) is 45.6. The van der Waals surface area contributed by atoms with E-state index in [2.05, 4.69) is 244 Å². The van der Waals surface area contributed by atoms with Gasteiger partial charge in [0, 0.05) is 60.5 Å². The van der Waals surface area contributed by atoms with Crippen LogP contribution in [0.25, 0.3) is 87.0 Å². The molecule has 0 N–H and O–H groups in total. The summed E-state index contributed by atoms with van der Waals surface area (Å²) < 4.78 is 13.9. The quantitative estimate of drug-likeness (QED) is 0.152. The average molecular weight is 877 g/mol. The molecule has 4 heteroatoms. The normalized spacial score (nSPS) is 12.1. The number of rotatable bonds is 8. The van der Waals surface area contributed by atoms with Crippen LogP contribution in [0, 0.1) is 0 Å². The summed E-state index contributed by atoms with van der Waals surface area (Å²) in [5, 5.41) is 13.6. The van der Waals surface area contributed by atoms with Crippen LogP contribution in [-0.4, -0.2) is 0 Å². The molecule has 0 aliphatic heterocycles. The summed E-state index contributed by atoms with van der Waals surface area (Å²) in [6.07, 6.45) is 0. The van der Waals surface area contributed by atoms with Crippen LogP contribution < -0.4 is 9.80 Å². The monoisotopic (exact) mass is 876 g/mol. The van der Waals surface area contributed by atoms with E-state index in [1.807, 2.05) is 0 Å². The molecule has 13 rings (SSSR count). The highest BCUT2D eigenvalue weighted by atomic mass is 16.3. The SMILES string of the molecule is CC(C)c1ccc(N(c2ccccc2)c2ccc3c(ccc4c5ccc6oc7c8ccc(N(c9ccccc9)c9ccc(C(C)C)c%10ccccc9%10)cc8ccc7c6c5oc34)c2)c2ccccc12. The number of furan rings is 2. The van der Waals surface area contributed by atoms with Crippen molar-refractivity contribution in [1.29, 1.82) is 0 Å². The molecule has 13 aromatic rings. The molecular formula is C64H48N2O2. The molecule has 0 unspecified atom stereocenters. The molecule has 11 aromatic carbocycles. The van der Waals surface area contributed by atoms with E-state index in [1.54, 1.807) is 0 Å². The molecular weight excluding hydrogens is 829 g/mol. The van der Waals surface area contributed by atoms with E-state index in [1.165, 1.54) is 32.7 Å². The highest BCUT2D eigenvalue weighted by Crippen LogP contribution is 2.47. The van der Waals surface area contributed by atoms with Crippen molar-refractivity contribution >= 4 is 121 Å². The second-order valence-electron chi connectivity index (χ2n) is 18.8. The van der Waals surface area contributed by atoms with Crippen molar-refractivity contribution in [2.45, 2.75) is 39.5 Å². The molecule has 4 nitrogen and oxygen atoms in total. The molecule has 68 heavy (non-hydrogen) atoms. The number of nitrogens with zero attached hydrogens (tertiary/aromatic N) is 2. The molecule has 0 atom stereocenters. The van der Waals surface area contributed by atoms with Gasteiger partial charge in [-0.2, -0.15) is 0 Å². The summed E-state index contributed by atoms with van der Waals surface area (Å²) in [4.78, 5) is 4.76. The van der Waals surface area contributed by atoms with Crippen LogP contribution in [0.5, 0.6) is 0 Å². The van der Waals surface area contributed by atoms with Gasteiger partial charge >= 0.3 is 0 Å². The lowest BCUT2D eigenvalue weighted by Crippen LogP contribution is -2.11. The van der Waals surface area contributed by atoms with E-state index in [0.717, 1.165) is 99.5 Å². The molecule has 0 aliphatic carbocycles. The average Bonchev–Trinajstić information content (AvgIpc) is 3.96. The molecule has 0 spiro atoms. The third-order valence-electron chi connectivity index (χ3n) is 14.1. The van der Waals surface area contributed by atoms with Gasteiger partial charge in [-0.25, -0.2) is 0 Å². The van der Waals surface area contributed by atoms with Crippen molar-refractivity contribution in [2.75, 3.05) is 9.80 Å². The summed E-state index contributed by atoms with van der Waals surface area (Å²) in [5.41, 5.74) is 12.8. The van der Waals surface area contributed by atoms with Crippen molar-refractivity contribution in [2.24, 2.45) is 0 Å². The third kappa shape index (κ3) is 6.21. The van der Waals surface area contributed by atoms with Gasteiger partial charge in [0.1, 0.15) is 22.3 Å². The van der Waals surface area contributed by atoms with E-state index in [-0.39, 0.29) is 0 Å². The van der Waals surface area contributed by atoms with Crippen LogP contribution in [0.4, 0.5) is 34.1 Å². The fourth-order valence-electron chi connectivity index (χ4n) is 10.9. The lowest BCUT2D eigenvalue weighted by atomic mass is 9.94. The van der Waals surface area contributed by atoms with Crippen LogP contribution in [0.1, 0.15) is 50.7 Å². The van der Waals surface area contributed by atoms with E-state index in [9.17, 15) is 0 Å². The number of benzene rings is 11. The minimum atomic E-state index is 0.413. The first-order valence-electron chi connectivity index (χ1n) is 23.8. The van der Waals surface area contributed by atoms with Crippen molar-refractivity contribution in [3.8, 4) is 0 Å². The van der Waals surface area contributed by atoms with Crippen LogP contribution >= 0.6 is 0 Å². The molecule has 0 bridgehead atoms. The Morgan fingerprint density at radius 3 is 1.25 bits per heavy atom. The fraction of sp³-hybridized carbons (Fsp3) is 0.0938. The van der Waals surface area contributed by atoms with Gasteiger partial charge in [-0.3, -0.25) is 0 Å². The summed E-state index contributed by atoms with van der Waals surface area (Å²) in [7, 11) is 0. The molecule has 2 heterocycles. The van der Waals surface area contributed by atoms with Crippen molar-refractivity contribution in [3.63, 3.8) is 0 Å². The van der Waals surface area contributed by atoms with E-state index in [0.29, 0.717) is 11.8 Å². The second kappa shape index (κ2) is 15.6. The molecule has 0 fully saturated rings. The maximum absolute atomic E-state index is 7.05. The van der Waals surface area contributed by atoms with Gasteiger partial charge in [0.15, 0.2) is 0 Å². The lowest BCUT2D eigenvalue weighted by Gasteiger charge is -2.28. The summed E-state index contributed by atoms with van der Waals surface area (Å²) in [5.74, 6) is 0.827. The Morgan fingerprint density at radius 1 is 0.309 bits per heavy atom. The highest BCUT2D eigenvalue weighted by molar-refractivity contribution is 6.27. The van der Waals surface area contributed by atoms with Crippen LogP contribution in [0.3, 0.4) is 0 Å². The van der Waals surface area contributed by atoms with Crippen molar-refractivity contribution in [1.82, 2.24) is 0 Å². The van der Waals surface area contributed by atoms with Gasteiger partial charge in [-0.1, -0.05) is 137 Å². The lowest BCUT2D eigenvalue weighted by molar-refractivity contribution is 0.666. The number of hydrogen-bond acceptors (Lipinski definition) is 4. The van der Waals surface area contributed by atoms with Gasteiger partial charge in [-0.15, -0.1) is 0 Å². The fourth-order valence-corrected chi connectivity index (χ4v) is 10.9. The predicted octanol–water partition coefficient (Wildman–Crippen LogP) is 19.3. The van der Waals surface area contributed by atoms with E-state index >= 15 is 0 Å². The molecule has 2 aromatic heterocycles. The van der Waals surface area contributed by atoms with E-state index < -0.39 is 0 Å². The van der Waals surface area contributed by atoms with Crippen molar-refractivity contribution in [3.05, 3.63) is 217 Å². The first kappa shape index (κ1) is 40.0. The molecule has 0 saturated carbocycles. The smallest absolute Gasteiger partial charge is 0.147 e. The Hall–Kier alpha value is -8.34. The molecule has 0 radical (unpaired) electrons. The topological polar surface area (TPSA) is 32.8 Å². The van der Waals surface area contributed by atoms with Gasteiger partial charge < -0.3 is 18.6 Å². The minimum Gasteiger partial charge on any atom is -0.455 e. The van der Waals surface area contributed by atoms with Gasteiger partial charge in [0.05, 0.1) is 16.8 Å². The Labute approximate surface area is 394 Å².